The number of amides is 1. The van der Waals surface area contributed by atoms with E-state index in [0.717, 1.165) is 5.56 Å². The summed E-state index contributed by atoms with van der Waals surface area (Å²) in [4.78, 5) is 12.2. The van der Waals surface area contributed by atoms with Crippen LogP contribution >= 0.6 is 0 Å². The molecule has 7 heteroatoms. The van der Waals surface area contributed by atoms with Gasteiger partial charge < -0.3 is 29.0 Å². The smallest absolute Gasteiger partial charge is 0.262 e. The minimum absolute atomic E-state index is 0.183. The molecule has 0 aromatic heterocycles. The van der Waals surface area contributed by atoms with Crippen LogP contribution in [0.4, 0.5) is 5.69 Å². The van der Waals surface area contributed by atoms with Crippen molar-refractivity contribution in [2.75, 3.05) is 32.9 Å². The highest BCUT2D eigenvalue weighted by atomic mass is 16.7. The lowest BCUT2D eigenvalue weighted by molar-refractivity contribution is -0.118. The van der Waals surface area contributed by atoms with E-state index in [-0.39, 0.29) is 19.3 Å². The summed E-state index contributed by atoms with van der Waals surface area (Å²) in [6.07, 6.45) is 0. The first-order chi connectivity index (χ1) is 12.1. The maximum atomic E-state index is 12.2. The van der Waals surface area contributed by atoms with Gasteiger partial charge in [-0.15, -0.1) is 0 Å². The lowest BCUT2D eigenvalue weighted by Crippen LogP contribution is -2.20. The highest BCUT2D eigenvalue weighted by Gasteiger charge is 2.16. The Hall–Kier alpha value is -3.09. The average molecular weight is 345 g/mol. The Morgan fingerprint density at radius 2 is 1.76 bits per heavy atom. The van der Waals surface area contributed by atoms with E-state index >= 15 is 0 Å². The number of methoxy groups -OCH3 is 2. The molecule has 0 spiro atoms. The molecule has 2 aromatic rings. The molecule has 0 saturated carbocycles. The van der Waals surface area contributed by atoms with Crippen molar-refractivity contribution in [3.05, 3.63) is 35.9 Å². The van der Waals surface area contributed by atoms with Crippen molar-refractivity contribution in [2.45, 2.75) is 6.92 Å². The summed E-state index contributed by atoms with van der Waals surface area (Å²) < 4.78 is 26.7. The van der Waals surface area contributed by atoms with Gasteiger partial charge in [0.05, 0.1) is 14.2 Å². The molecule has 132 valence electrons. The van der Waals surface area contributed by atoms with E-state index in [1.165, 1.54) is 14.2 Å². The van der Waals surface area contributed by atoms with Gasteiger partial charge in [-0.2, -0.15) is 0 Å². The molecule has 0 unspecified atom stereocenters. The van der Waals surface area contributed by atoms with Crippen LogP contribution in [-0.2, 0) is 4.79 Å². The highest BCUT2D eigenvalue weighted by Crippen LogP contribution is 2.38. The molecule has 0 fully saturated rings. The number of aryl methyl sites for hydroxylation is 1. The van der Waals surface area contributed by atoms with Gasteiger partial charge in [0, 0.05) is 11.8 Å². The zero-order valence-electron chi connectivity index (χ0n) is 14.3. The van der Waals surface area contributed by atoms with Gasteiger partial charge in [-0.25, -0.2) is 0 Å². The number of hydrogen-bond donors (Lipinski definition) is 1. The average Bonchev–Trinajstić information content (AvgIpc) is 3.07. The van der Waals surface area contributed by atoms with Crippen LogP contribution in [0.25, 0.3) is 0 Å². The van der Waals surface area contributed by atoms with Crippen LogP contribution in [0.15, 0.2) is 30.3 Å². The van der Waals surface area contributed by atoms with Crippen molar-refractivity contribution < 1.29 is 28.5 Å². The van der Waals surface area contributed by atoms with Crippen LogP contribution in [0.2, 0.25) is 0 Å². The van der Waals surface area contributed by atoms with Crippen LogP contribution in [0.1, 0.15) is 5.56 Å². The van der Waals surface area contributed by atoms with Crippen LogP contribution < -0.4 is 29.0 Å². The van der Waals surface area contributed by atoms with E-state index < -0.39 is 0 Å². The molecule has 1 aliphatic heterocycles. The number of carbonyl (C=O) groups is 1. The first-order valence-corrected chi connectivity index (χ1v) is 7.65. The Morgan fingerprint density at radius 3 is 2.44 bits per heavy atom. The van der Waals surface area contributed by atoms with Crippen molar-refractivity contribution in [1.29, 1.82) is 0 Å². The monoisotopic (exact) mass is 345 g/mol. The molecular formula is C18H19NO6. The summed E-state index contributed by atoms with van der Waals surface area (Å²) in [6.45, 7) is 1.91. The maximum absolute atomic E-state index is 12.2. The maximum Gasteiger partial charge on any atom is 0.262 e. The summed E-state index contributed by atoms with van der Waals surface area (Å²) in [5.41, 5.74) is 1.56. The van der Waals surface area contributed by atoms with Gasteiger partial charge in [-0.3, -0.25) is 4.79 Å². The number of carbonyl (C=O) groups excluding carboxylic acids is 1. The lowest BCUT2D eigenvalue weighted by Gasteiger charge is -2.15. The van der Waals surface area contributed by atoms with E-state index in [0.29, 0.717) is 34.4 Å². The molecule has 3 rings (SSSR count). The largest absolute Gasteiger partial charge is 0.493 e. The van der Waals surface area contributed by atoms with Gasteiger partial charge in [-0.05, 0) is 36.8 Å². The highest BCUT2D eigenvalue weighted by molar-refractivity contribution is 5.92. The number of nitrogens with one attached hydrogen (secondary N) is 1. The van der Waals surface area contributed by atoms with Crippen molar-refractivity contribution in [2.24, 2.45) is 0 Å². The third-order valence-corrected chi connectivity index (χ3v) is 3.61. The summed E-state index contributed by atoms with van der Waals surface area (Å²) >= 11 is 0. The van der Waals surface area contributed by atoms with E-state index in [4.69, 9.17) is 23.7 Å². The Morgan fingerprint density at radius 1 is 1.08 bits per heavy atom. The van der Waals surface area contributed by atoms with Gasteiger partial charge in [0.1, 0.15) is 0 Å². The third kappa shape index (κ3) is 3.71. The zero-order valence-corrected chi connectivity index (χ0v) is 14.3. The predicted molar refractivity (Wildman–Crippen MR) is 91.0 cm³/mol. The van der Waals surface area contributed by atoms with Gasteiger partial charge in [0.15, 0.2) is 29.6 Å². The van der Waals surface area contributed by atoms with E-state index in [1.54, 1.807) is 18.2 Å². The van der Waals surface area contributed by atoms with E-state index in [1.807, 2.05) is 19.1 Å². The molecule has 7 nitrogen and oxygen atoms in total. The molecule has 1 aliphatic rings. The molecule has 0 saturated heterocycles. The third-order valence-electron chi connectivity index (χ3n) is 3.61. The topological polar surface area (TPSA) is 75.3 Å². The second-order valence-electron chi connectivity index (χ2n) is 5.40. The Kier molecular flexibility index (Phi) is 4.83. The molecule has 0 atom stereocenters. The normalized spacial score (nSPS) is 11.8. The van der Waals surface area contributed by atoms with Gasteiger partial charge in [0.2, 0.25) is 12.5 Å². The first kappa shape index (κ1) is 16.8. The molecule has 1 heterocycles. The standard InChI is InChI=1S/C18H19NO6/c1-11-6-15(21-2)18(16(7-11)22-3)23-9-17(20)19-12-4-5-13-14(8-12)25-10-24-13/h4-8H,9-10H2,1-3H3,(H,19,20). The first-order valence-electron chi connectivity index (χ1n) is 7.65. The lowest BCUT2D eigenvalue weighted by atomic mass is 10.2. The summed E-state index contributed by atoms with van der Waals surface area (Å²) in [7, 11) is 3.07. The molecule has 2 aromatic carbocycles. The van der Waals surface area contributed by atoms with Crippen LogP contribution in [0.5, 0.6) is 28.7 Å². The molecule has 0 bridgehead atoms. The minimum atomic E-state index is -0.316. The van der Waals surface area contributed by atoms with Gasteiger partial charge >= 0.3 is 0 Å². The minimum Gasteiger partial charge on any atom is -0.493 e. The second kappa shape index (κ2) is 7.21. The number of benzene rings is 2. The number of hydrogen-bond acceptors (Lipinski definition) is 6. The number of anilines is 1. The van der Waals surface area contributed by atoms with Crippen molar-refractivity contribution >= 4 is 11.6 Å². The molecule has 1 amide bonds. The fourth-order valence-electron chi connectivity index (χ4n) is 2.46. The van der Waals surface area contributed by atoms with Crippen molar-refractivity contribution in [3.8, 4) is 28.7 Å². The van der Waals surface area contributed by atoms with Crippen LogP contribution in [0, 0.1) is 6.92 Å². The fourth-order valence-corrected chi connectivity index (χ4v) is 2.46. The molecular weight excluding hydrogens is 326 g/mol. The Balaban J connectivity index is 1.66. The predicted octanol–water partition coefficient (Wildman–Crippen LogP) is 2.76. The van der Waals surface area contributed by atoms with E-state index in [2.05, 4.69) is 5.32 Å². The quantitative estimate of drug-likeness (QED) is 0.868. The van der Waals surface area contributed by atoms with Gasteiger partial charge in [0.25, 0.3) is 5.91 Å². The molecule has 25 heavy (non-hydrogen) atoms. The number of fused-ring (bicyclic) bond motifs is 1. The van der Waals surface area contributed by atoms with Crippen molar-refractivity contribution in [3.63, 3.8) is 0 Å². The second-order valence-corrected chi connectivity index (χ2v) is 5.40. The number of ether oxygens (including phenoxy) is 5. The molecule has 0 radical (unpaired) electrons. The Bertz CT molecular complexity index is 764. The number of rotatable bonds is 6. The Labute approximate surface area is 145 Å². The SMILES string of the molecule is COc1cc(C)cc(OC)c1OCC(=O)Nc1ccc2c(c1)OCO2. The van der Waals surface area contributed by atoms with Gasteiger partial charge in [-0.1, -0.05) is 0 Å². The van der Waals surface area contributed by atoms with Crippen molar-refractivity contribution in [1.82, 2.24) is 0 Å². The zero-order chi connectivity index (χ0) is 17.8. The fraction of sp³-hybridized carbons (Fsp3) is 0.278. The van der Waals surface area contributed by atoms with Crippen LogP contribution in [-0.4, -0.2) is 33.5 Å². The molecule has 0 aliphatic carbocycles. The van der Waals surface area contributed by atoms with Crippen LogP contribution in [0.3, 0.4) is 0 Å². The van der Waals surface area contributed by atoms with E-state index in [9.17, 15) is 4.79 Å². The summed E-state index contributed by atoms with van der Waals surface area (Å²) in [6, 6.07) is 8.80. The summed E-state index contributed by atoms with van der Waals surface area (Å²) in [5.74, 6) is 2.34. The summed E-state index contributed by atoms with van der Waals surface area (Å²) in [5, 5.41) is 2.75. The molecule has 1 N–H and O–H groups in total.